The number of nitrogens with zero attached hydrogens (tertiary/aromatic N) is 2. The van der Waals surface area contributed by atoms with Crippen molar-refractivity contribution >= 4 is 0 Å². The summed E-state index contributed by atoms with van der Waals surface area (Å²) >= 11 is 0. The molecule has 2 rings (SSSR count). The maximum atomic E-state index is 9.05. The van der Waals surface area contributed by atoms with Crippen LogP contribution < -0.4 is 15.2 Å². The largest absolute Gasteiger partial charge is 0.493 e. The number of para-hydroxylation sites is 1. The Morgan fingerprint density at radius 3 is 2.76 bits per heavy atom. The molecule has 0 aliphatic heterocycles. The van der Waals surface area contributed by atoms with Gasteiger partial charge >= 0.3 is 0 Å². The molecule has 0 atom stereocenters. The molecule has 2 aromatic rings. The van der Waals surface area contributed by atoms with Crippen molar-refractivity contribution in [1.82, 2.24) is 4.98 Å². The second-order valence-corrected chi connectivity index (χ2v) is 4.40. The van der Waals surface area contributed by atoms with Gasteiger partial charge in [0.25, 0.3) is 0 Å². The van der Waals surface area contributed by atoms with Gasteiger partial charge in [-0.25, -0.2) is 4.98 Å². The molecule has 0 amide bonds. The number of pyridine rings is 1. The fourth-order valence-electron chi connectivity index (χ4n) is 2.04. The van der Waals surface area contributed by atoms with Crippen molar-refractivity contribution in [3.8, 4) is 17.6 Å². The van der Waals surface area contributed by atoms with Crippen LogP contribution in [0.5, 0.6) is 11.5 Å². The highest BCUT2D eigenvalue weighted by atomic mass is 16.5. The van der Waals surface area contributed by atoms with Gasteiger partial charge in [-0.15, -0.1) is 0 Å². The number of nitrogens with two attached hydrogens (primary N) is 1. The van der Waals surface area contributed by atoms with Gasteiger partial charge in [-0.3, -0.25) is 0 Å². The predicted octanol–water partition coefficient (Wildman–Crippen LogP) is 2.04. The number of rotatable bonds is 6. The first-order valence-electron chi connectivity index (χ1n) is 6.63. The van der Waals surface area contributed by atoms with Crippen molar-refractivity contribution in [2.45, 2.75) is 13.0 Å². The molecule has 2 N–H and O–H groups in total. The van der Waals surface area contributed by atoms with E-state index in [9.17, 15) is 0 Å². The fourth-order valence-corrected chi connectivity index (χ4v) is 2.04. The lowest BCUT2D eigenvalue weighted by atomic mass is 10.1. The summed E-state index contributed by atoms with van der Waals surface area (Å²) in [5.74, 6) is 1.32. The summed E-state index contributed by atoms with van der Waals surface area (Å²) in [6.45, 7) is 0.786. The highest BCUT2D eigenvalue weighted by molar-refractivity contribution is 5.47. The third kappa shape index (κ3) is 3.50. The highest BCUT2D eigenvalue weighted by Crippen LogP contribution is 2.32. The van der Waals surface area contributed by atoms with Crippen LogP contribution in [0.3, 0.4) is 0 Å². The van der Waals surface area contributed by atoms with Crippen LogP contribution in [0.15, 0.2) is 36.5 Å². The second kappa shape index (κ2) is 7.27. The molecule has 1 heterocycles. The molecule has 0 spiro atoms. The summed E-state index contributed by atoms with van der Waals surface area (Å²) in [6.07, 6.45) is 2.29. The molecule has 0 unspecified atom stereocenters. The summed E-state index contributed by atoms with van der Waals surface area (Å²) in [5, 5.41) is 9.05. The SMILES string of the molecule is COc1cccc(CCN)c1OCc1cccnc1C#N. The molecule has 0 fully saturated rings. The Kier molecular flexibility index (Phi) is 5.13. The quantitative estimate of drug-likeness (QED) is 0.877. The number of hydrogen-bond donors (Lipinski definition) is 1. The number of benzene rings is 1. The van der Waals surface area contributed by atoms with Crippen molar-refractivity contribution in [2.75, 3.05) is 13.7 Å². The van der Waals surface area contributed by atoms with Gasteiger partial charge in [-0.05, 0) is 30.7 Å². The van der Waals surface area contributed by atoms with Crippen LogP contribution in [-0.2, 0) is 13.0 Å². The van der Waals surface area contributed by atoms with Crippen LogP contribution in [-0.4, -0.2) is 18.6 Å². The van der Waals surface area contributed by atoms with Crippen molar-refractivity contribution in [1.29, 1.82) is 5.26 Å². The molecule has 0 radical (unpaired) electrons. The molecule has 5 heteroatoms. The Balaban J connectivity index is 2.25. The molecule has 0 saturated heterocycles. The molecule has 0 bridgehead atoms. The summed E-state index contributed by atoms with van der Waals surface area (Å²) in [6, 6.07) is 11.4. The highest BCUT2D eigenvalue weighted by Gasteiger charge is 2.11. The number of hydrogen-bond acceptors (Lipinski definition) is 5. The van der Waals surface area contributed by atoms with E-state index in [1.807, 2.05) is 24.3 Å². The van der Waals surface area contributed by atoms with Crippen molar-refractivity contribution in [3.05, 3.63) is 53.3 Å². The third-order valence-corrected chi connectivity index (χ3v) is 3.06. The van der Waals surface area contributed by atoms with Gasteiger partial charge in [0.2, 0.25) is 0 Å². The molecule has 0 aliphatic carbocycles. The van der Waals surface area contributed by atoms with Crippen LogP contribution in [0.1, 0.15) is 16.8 Å². The van der Waals surface area contributed by atoms with Crippen LogP contribution in [0.25, 0.3) is 0 Å². The van der Waals surface area contributed by atoms with Gasteiger partial charge in [-0.2, -0.15) is 5.26 Å². The van der Waals surface area contributed by atoms with E-state index in [0.29, 0.717) is 30.2 Å². The maximum absolute atomic E-state index is 9.05. The van der Waals surface area contributed by atoms with E-state index in [1.54, 1.807) is 19.4 Å². The van der Waals surface area contributed by atoms with E-state index in [0.717, 1.165) is 11.1 Å². The first kappa shape index (κ1) is 14.8. The average molecular weight is 283 g/mol. The zero-order valence-electron chi connectivity index (χ0n) is 11.9. The maximum Gasteiger partial charge on any atom is 0.164 e. The zero-order valence-corrected chi connectivity index (χ0v) is 11.9. The van der Waals surface area contributed by atoms with Gasteiger partial charge < -0.3 is 15.2 Å². The van der Waals surface area contributed by atoms with Crippen LogP contribution in [0.2, 0.25) is 0 Å². The minimum absolute atomic E-state index is 0.259. The average Bonchev–Trinajstić information content (AvgIpc) is 2.54. The fraction of sp³-hybridized carbons (Fsp3) is 0.250. The first-order valence-corrected chi connectivity index (χ1v) is 6.63. The van der Waals surface area contributed by atoms with Gasteiger partial charge in [-0.1, -0.05) is 18.2 Å². The topological polar surface area (TPSA) is 81.2 Å². The summed E-state index contributed by atoms with van der Waals surface area (Å²) < 4.78 is 11.2. The molecular weight excluding hydrogens is 266 g/mol. The first-order chi connectivity index (χ1) is 10.3. The van der Waals surface area contributed by atoms with Crippen molar-refractivity contribution < 1.29 is 9.47 Å². The van der Waals surface area contributed by atoms with Gasteiger partial charge in [0, 0.05) is 11.8 Å². The summed E-state index contributed by atoms with van der Waals surface area (Å²) in [7, 11) is 1.60. The van der Waals surface area contributed by atoms with Gasteiger partial charge in [0.1, 0.15) is 18.4 Å². The Morgan fingerprint density at radius 1 is 1.24 bits per heavy atom. The number of aromatic nitrogens is 1. The lowest BCUT2D eigenvalue weighted by Crippen LogP contribution is -2.07. The second-order valence-electron chi connectivity index (χ2n) is 4.40. The molecule has 1 aromatic heterocycles. The molecule has 0 saturated carbocycles. The number of ether oxygens (including phenoxy) is 2. The van der Waals surface area contributed by atoms with Gasteiger partial charge in [0.15, 0.2) is 11.5 Å². The van der Waals surface area contributed by atoms with E-state index in [1.165, 1.54) is 0 Å². The van der Waals surface area contributed by atoms with E-state index < -0.39 is 0 Å². The standard InChI is InChI=1S/C16H17N3O2/c1-20-15-6-2-4-12(7-8-17)16(15)21-11-13-5-3-9-19-14(13)10-18/h2-6,9H,7-8,11,17H2,1H3. The predicted molar refractivity (Wildman–Crippen MR) is 79.0 cm³/mol. The number of methoxy groups -OCH3 is 1. The van der Waals surface area contributed by atoms with Crippen molar-refractivity contribution in [3.63, 3.8) is 0 Å². The van der Waals surface area contributed by atoms with Crippen molar-refractivity contribution in [2.24, 2.45) is 5.73 Å². The minimum atomic E-state index is 0.259. The Hall–Kier alpha value is -2.58. The smallest absolute Gasteiger partial charge is 0.164 e. The number of nitriles is 1. The zero-order chi connectivity index (χ0) is 15.1. The van der Waals surface area contributed by atoms with Crippen LogP contribution in [0, 0.1) is 11.3 Å². The molecule has 5 nitrogen and oxygen atoms in total. The van der Waals surface area contributed by atoms with Gasteiger partial charge in [0.05, 0.1) is 7.11 Å². The lowest BCUT2D eigenvalue weighted by molar-refractivity contribution is 0.281. The normalized spacial score (nSPS) is 9.95. The minimum Gasteiger partial charge on any atom is -0.493 e. The molecule has 21 heavy (non-hydrogen) atoms. The molecule has 1 aromatic carbocycles. The molecular formula is C16H17N3O2. The van der Waals surface area contributed by atoms with E-state index in [2.05, 4.69) is 11.1 Å². The van der Waals surface area contributed by atoms with E-state index in [-0.39, 0.29) is 6.61 Å². The van der Waals surface area contributed by atoms with E-state index in [4.69, 9.17) is 20.5 Å². The monoisotopic (exact) mass is 283 g/mol. The summed E-state index contributed by atoms with van der Waals surface area (Å²) in [4.78, 5) is 4.02. The van der Waals surface area contributed by atoms with Crippen LogP contribution in [0.4, 0.5) is 0 Å². The third-order valence-electron chi connectivity index (χ3n) is 3.06. The molecule has 108 valence electrons. The summed E-state index contributed by atoms with van der Waals surface area (Å²) in [5.41, 5.74) is 7.72. The Bertz CT molecular complexity index is 650. The Morgan fingerprint density at radius 2 is 2.05 bits per heavy atom. The Labute approximate surface area is 123 Å². The van der Waals surface area contributed by atoms with Crippen LogP contribution >= 0.6 is 0 Å². The van der Waals surface area contributed by atoms with E-state index >= 15 is 0 Å². The lowest BCUT2D eigenvalue weighted by Gasteiger charge is -2.15. The molecule has 0 aliphatic rings.